The molecule has 0 aliphatic rings. The fourth-order valence-corrected chi connectivity index (χ4v) is 2.40. The van der Waals surface area contributed by atoms with Crippen LogP contribution in [0.15, 0.2) is 11.7 Å². The van der Waals surface area contributed by atoms with Crippen molar-refractivity contribution in [2.45, 2.75) is 33.7 Å². The monoisotopic (exact) mass is 241 g/mol. The Morgan fingerprint density at radius 1 is 1.50 bits per heavy atom. The zero-order valence-corrected chi connectivity index (χ0v) is 11.3. The van der Waals surface area contributed by atoms with Gasteiger partial charge in [0.2, 0.25) is 0 Å². The third-order valence-corrected chi connectivity index (χ3v) is 3.23. The minimum atomic E-state index is 0.357. The van der Waals surface area contributed by atoms with Gasteiger partial charge in [-0.2, -0.15) is 0 Å². The molecule has 4 heteroatoms. The number of nitrogens with zero attached hydrogens (tertiary/aromatic N) is 1. The van der Waals surface area contributed by atoms with Crippen molar-refractivity contribution in [3.8, 4) is 0 Å². The number of aromatic nitrogens is 1. The molecular formula is C12H23N3S. The maximum absolute atomic E-state index is 5.79. The lowest BCUT2D eigenvalue weighted by Crippen LogP contribution is -2.30. The molecular weight excluding hydrogens is 218 g/mol. The Hall–Kier alpha value is -0.450. The highest BCUT2D eigenvalue weighted by molar-refractivity contribution is 7.09. The van der Waals surface area contributed by atoms with Crippen LogP contribution < -0.4 is 11.1 Å². The molecule has 16 heavy (non-hydrogen) atoms. The summed E-state index contributed by atoms with van der Waals surface area (Å²) in [6.45, 7) is 9.44. The van der Waals surface area contributed by atoms with E-state index in [1.165, 1.54) is 11.3 Å². The van der Waals surface area contributed by atoms with Crippen LogP contribution in [0.4, 0.5) is 0 Å². The lowest BCUT2D eigenvalue weighted by atomic mass is 9.84. The third-order valence-electron chi connectivity index (χ3n) is 2.45. The lowest BCUT2D eigenvalue weighted by Gasteiger charge is -2.25. The van der Waals surface area contributed by atoms with Gasteiger partial charge in [0, 0.05) is 17.6 Å². The minimum absolute atomic E-state index is 0.357. The number of rotatable bonds is 6. The van der Waals surface area contributed by atoms with Gasteiger partial charge in [-0.15, -0.1) is 11.3 Å². The Labute approximate surface area is 102 Å². The van der Waals surface area contributed by atoms with Crippen LogP contribution in [-0.4, -0.2) is 18.1 Å². The third kappa shape index (κ3) is 5.58. The van der Waals surface area contributed by atoms with Gasteiger partial charge in [0.1, 0.15) is 0 Å². The molecule has 3 N–H and O–H groups in total. The molecule has 1 atom stereocenters. The number of nitrogens with one attached hydrogen (secondary N) is 1. The van der Waals surface area contributed by atoms with Gasteiger partial charge in [-0.1, -0.05) is 20.8 Å². The summed E-state index contributed by atoms with van der Waals surface area (Å²) in [5.41, 5.74) is 8.01. The van der Waals surface area contributed by atoms with Crippen LogP contribution >= 0.6 is 11.3 Å². The second kappa shape index (κ2) is 6.33. The summed E-state index contributed by atoms with van der Waals surface area (Å²) in [6, 6.07) is 0. The highest BCUT2D eigenvalue weighted by atomic mass is 32.1. The molecule has 1 rings (SSSR count). The van der Waals surface area contributed by atoms with Crippen molar-refractivity contribution in [3.63, 3.8) is 0 Å². The van der Waals surface area contributed by atoms with Crippen molar-refractivity contribution in [2.24, 2.45) is 17.1 Å². The highest BCUT2D eigenvalue weighted by Gasteiger charge is 2.17. The number of hydrogen-bond donors (Lipinski definition) is 2. The van der Waals surface area contributed by atoms with Crippen LogP contribution in [0.3, 0.4) is 0 Å². The van der Waals surface area contributed by atoms with Crippen LogP contribution in [0.5, 0.6) is 0 Å². The molecule has 1 heterocycles. The average molecular weight is 241 g/mol. The van der Waals surface area contributed by atoms with Gasteiger partial charge in [0.25, 0.3) is 0 Å². The molecule has 0 fully saturated rings. The van der Waals surface area contributed by atoms with Gasteiger partial charge < -0.3 is 11.1 Å². The lowest BCUT2D eigenvalue weighted by molar-refractivity contribution is 0.290. The number of hydrogen-bond acceptors (Lipinski definition) is 4. The summed E-state index contributed by atoms with van der Waals surface area (Å²) in [4.78, 5) is 5.34. The van der Waals surface area contributed by atoms with E-state index < -0.39 is 0 Å². The van der Waals surface area contributed by atoms with Crippen molar-refractivity contribution < 1.29 is 0 Å². The molecule has 0 aromatic carbocycles. The van der Waals surface area contributed by atoms with Gasteiger partial charge in [0.05, 0.1) is 5.51 Å². The molecule has 0 amide bonds. The Balaban J connectivity index is 2.24. The van der Waals surface area contributed by atoms with E-state index in [-0.39, 0.29) is 0 Å². The Morgan fingerprint density at radius 2 is 2.25 bits per heavy atom. The molecule has 1 unspecified atom stereocenters. The molecule has 0 aliphatic carbocycles. The van der Waals surface area contributed by atoms with E-state index in [1.807, 2.05) is 11.7 Å². The molecule has 0 saturated carbocycles. The van der Waals surface area contributed by atoms with Gasteiger partial charge in [-0.25, -0.2) is 0 Å². The maximum Gasteiger partial charge on any atom is 0.0794 e. The number of nitrogens with two attached hydrogens (primary N) is 1. The van der Waals surface area contributed by atoms with Crippen LogP contribution in [0.1, 0.15) is 32.1 Å². The molecule has 3 nitrogen and oxygen atoms in total. The van der Waals surface area contributed by atoms with Gasteiger partial charge in [0.15, 0.2) is 0 Å². The molecule has 1 aromatic heterocycles. The molecule has 92 valence electrons. The fraction of sp³-hybridized carbons (Fsp3) is 0.750. The first-order chi connectivity index (χ1) is 7.51. The Kier molecular flexibility index (Phi) is 5.38. The molecule has 0 aliphatic heterocycles. The zero-order chi connectivity index (χ0) is 12.0. The molecule has 0 saturated heterocycles. The second-order valence-electron chi connectivity index (χ2n) is 5.47. The van der Waals surface area contributed by atoms with Crippen molar-refractivity contribution in [1.29, 1.82) is 0 Å². The van der Waals surface area contributed by atoms with Crippen molar-refractivity contribution in [1.82, 2.24) is 10.3 Å². The fourth-order valence-electron chi connectivity index (χ4n) is 1.83. The van der Waals surface area contributed by atoms with Crippen molar-refractivity contribution in [2.75, 3.05) is 13.1 Å². The first-order valence-corrected chi connectivity index (χ1v) is 6.67. The average Bonchev–Trinajstić information content (AvgIpc) is 2.67. The van der Waals surface area contributed by atoms with E-state index in [1.54, 1.807) is 11.3 Å². The Morgan fingerprint density at radius 3 is 2.75 bits per heavy atom. The Bertz CT molecular complexity index is 277. The van der Waals surface area contributed by atoms with Crippen LogP contribution in [0.25, 0.3) is 0 Å². The maximum atomic E-state index is 5.79. The van der Waals surface area contributed by atoms with E-state index in [4.69, 9.17) is 5.73 Å². The predicted octanol–water partition coefficient (Wildman–Crippen LogP) is 2.24. The van der Waals surface area contributed by atoms with Crippen LogP contribution in [0.2, 0.25) is 0 Å². The normalized spacial score (nSPS) is 14.0. The summed E-state index contributed by atoms with van der Waals surface area (Å²) in [7, 11) is 0. The minimum Gasteiger partial charge on any atom is -0.330 e. The van der Waals surface area contributed by atoms with Gasteiger partial charge in [-0.3, -0.25) is 4.98 Å². The molecule has 0 radical (unpaired) electrons. The summed E-state index contributed by atoms with van der Waals surface area (Å²) in [5, 5.41) is 3.45. The summed E-state index contributed by atoms with van der Waals surface area (Å²) < 4.78 is 0. The SMILES string of the molecule is CC(C)(C)CC(CN)CNCc1cncs1. The van der Waals surface area contributed by atoms with E-state index in [9.17, 15) is 0 Å². The largest absolute Gasteiger partial charge is 0.330 e. The van der Waals surface area contributed by atoms with Gasteiger partial charge in [-0.05, 0) is 30.8 Å². The predicted molar refractivity (Wildman–Crippen MR) is 70.4 cm³/mol. The summed E-state index contributed by atoms with van der Waals surface area (Å²) >= 11 is 1.69. The summed E-state index contributed by atoms with van der Waals surface area (Å²) in [5.74, 6) is 0.563. The van der Waals surface area contributed by atoms with Crippen LogP contribution in [-0.2, 0) is 6.54 Å². The second-order valence-corrected chi connectivity index (χ2v) is 6.44. The van der Waals surface area contributed by atoms with Crippen LogP contribution in [0, 0.1) is 11.3 Å². The first-order valence-electron chi connectivity index (χ1n) is 5.79. The highest BCUT2D eigenvalue weighted by Crippen LogP contribution is 2.23. The molecule has 0 spiro atoms. The quantitative estimate of drug-likeness (QED) is 0.803. The molecule has 0 bridgehead atoms. The van der Waals surface area contributed by atoms with E-state index >= 15 is 0 Å². The standard InChI is InChI=1S/C12H23N3S/c1-12(2,3)4-10(5-13)6-14-7-11-8-15-9-16-11/h8-10,14H,4-7,13H2,1-3H3. The first kappa shape index (κ1) is 13.6. The van der Waals surface area contributed by atoms with E-state index in [0.717, 1.165) is 19.6 Å². The summed E-state index contributed by atoms with van der Waals surface area (Å²) in [6.07, 6.45) is 3.08. The van der Waals surface area contributed by atoms with Gasteiger partial charge >= 0.3 is 0 Å². The van der Waals surface area contributed by atoms with E-state index in [2.05, 4.69) is 31.1 Å². The van der Waals surface area contributed by atoms with E-state index in [0.29, 0.717) is 11.3 Å². The smallest absolute Gasteiger partial charge is 0.0794 e. The van der Waals surface area contributed by atoms with Crippen molar-refractivity contribution >= 4 is 11.3 Å². The zero-order valence-electron chi connectivity index (χ0n) is 10.5. The number of thiazole rings is 1. The molecule has 1 aromatic rings. The topological polar surface area (TPSA) is 50.9 Å². The van der Waals surface area contributed by atoms with Crippen molar-refractivity contribution in [3.05, 3.63) is 16.6 Å².